The Morgan fingerprint density at radius 2 is 1.24 bits per heavy atom. The van der Waals surface area contributed by atoms with Gasteiger partial charge in [0.05, 0.1) is 27.6 Å². The number of nitriles is 1. The molecule has 0 saturated heterocycles. The molecule has 0 amide bonds. The smallest absolute Gasteiger partial charge is 0.147 e. The Hall–Kier alpha value is -5.93. The van der Waals surface area contributed by atoms with Crippen molar-refractivity contribution in [1.29, 1.82) is 5.26 Å². The van der Waals surface area contributed by atoms with Gasteiger partial charge in [-0.15, -0.1) is 0 Å². The fourth-order valence-electron chi connectivity index (χ4n) is 6.30. The molecule has 216 valence electrons. The van der Waals surface area contributed by atoms with Crippen LogP contribution in [0.2, 0.25) is 0 Å². The number of ether oxygens (including phenoxy) is 1. The van der Waals surface area contributed by atoms with Crippen LogP contribution in [0, 0.1) is 11.3 Å². The first kappa shape index (κ1) is 26.7. The van der Waals surface area contributed by atoms with Gasteiger partial charge < -0.3 is 4.74 Å². The minimum absolute atomic E-state index is 0.0191. The highest BCUT2D eigenvalue weighted by atomic mass is 16.5. The van der Waals surface area contributed by atoms with E-state index in [2.05, 4.69) is 95.6 Å². The Kier molecular flexibility index (Phi) is 5.97. The summed E-state index contributed by atoms with van der Waals surface area (Å²) in [5.74, 6) is 2.77. The molecule has 0 aliphatic heterocycles. The fraction of sp³-hybridized carbons (Fsp3) is 0.103. The highest BCUT2D eigenvalue weighted by Gasteiger charge is 2.20. The maximum absolute atomic E-state index is 10.2. The normalized spacial score (nSPS) is 11.9. The van der Waals surface area contributed by atoms with Crippen molar-refractivity contribution in [2.24, 2.45) is 0 Å². The first-order valence-electron chi connectivity index (χ1n) is 15.0. The molecule has 6 heteroatoms. The lowest BCUT2D eigenvalue weighted by molar-refractivity contribution is 0.482. The SMILES string of the molecule is CC(C)(C)c1ccnc(-n2c3ccccc3c3ccc(Oc4cc5c(cc4C#N)c4ccccc4n5-c4ccccn4)cc32)c1. The molecule has 0 unspecified atom stereocenters. The van der Waals surface area contributed by atoms with Crippen LogP contribution in [0.1, 0.15) is 31.9 Å². The van der Waals surface area contributed by atoms with Crippen LogP contribution < -0.4 is 4.74 Å². The van der Waals surface area contributed by atoms with E-state index >= 15 is 0 Å². The van der Waals surface area contributed by atoms with Gasteiger partial charge in [0.15, 0.2) is 0 Å². The quantitative estimate of drug-likeness (QED) is 0.207. The van der Waals surface area contributed by atoms with Gasteiger partial charge in [0, 0.05) is 46.1 Å². The standard InChI is InChI=1S/C39H29N5O/c1-39(2,3)26-17-19-42-38(21-26)44-32-12-6-4-10-28(32)30-16-15-27(22-34(30)44)45-36-23-35-31(20-25(36)24-40)29-11-5-7-13-33(29)43(35)37-14-8-9-18-41-37/h4-23H,1-3H3. The maximum atomic E-state index is 10.2. The molecule has 0 saturated carbocycles. The molecule has 8 rings (SSSR count). The van der Waals surface area contributed by atoms with Crippen molar-refractivity contribution in [3.63, 3.8) is 0 Å². The zero-order valence-corrected chi connectivity index (χ0v) is 25.2. The Morgan fingerprint density at radius 3 is 1.96 bits per heavy atom. The molecule has 0 bridgehead atoms. The van der Waals surface area contributed by atoms with E-state index in [0.717, 1.165) is 55.2 Å². The number of aromatic nitrogens is 4. The molecule has 0 spiro atoms. The van der Waals surface area contributed by atoms with Gasteiger partial charge >= 0.3 is 0 Å². The Bertz CT molecular complexity index is 2460. The van der Waals surface area contributed by atoms with Gasteiger partial charge in [-0.2, -0.15) is 5.26 Å². The molecule has 0 atom stereocenters. The highest BCUT2D eigenvalue weighted by Crippen LogP contribution is 2.39. The van der Waals surface area contributed by atoms with Crippen LogP contribution in [-0.4, -0.2) is 19.1 Å². The maximum Gasteiger partial charge on any atom is 0.147 e. The zero-order valence-electron chi connectivity index (χ0n) is 25.2. The van der Waals surface area contributed by atoms with Gasteiger partial charge in [0.2, 0.25) is 0 Å². The van der Waals surface area contributed by atoms with Crippen LogP contribution in [0.4, 0.5) is 0 Å². The molecule has 8 aromatic rings. The van der Waals surface area contributed by atoms with E-state index in [-0.39, 0.29) is 5.41 Å². The summed E-state index contributed by atoms with van der Waals surface area (Å²) in [6.07, 6.45) is 3.67. The minimum Gasteiger partial charge on any atom is -0.456 e. The summed E-state index contributed by atoms with van der Waals surface area (Å²) in [5, 5.41) is 14.5. The second-order valence-electron chi connectivity index (χ2n) is 12.3. The van der Waals surface area contributed by atoms with Gasteiger partial charge in [0.25, 0.3) is 0 Å². The summed E-state index contributed by atoms with van der Waals surface area (Å²) in [6, 6.07) is 39.0. The molecule has 0 N–H and O–H groups in total. The molecule has 4 aromatic heterocycles. The average molecular weight is 584 g/mol. The van der Waals surface area contributed by atoms with Gasteiger partial charge in [-0.05, 0) is 65.6 Å². The Balaban J connectivity index is 1.32. The number of pyridine rings is 2. The van der Waals surface area contributed by atoms with Crippen molar-refractivity contribution >= 4 is 43.6 Å². The van der Waals surface area contributed by atoms with E-state index in [1.165, 1.54) is 5.56 Å². The molecule has 0 fully saturated rings. The molecular weight excluding hydrogens is 554 g/mol. The predicted octanol–water partition coefficient (Wildman–Crippen LogP) is 9.63. The van der Waals surface area contributed by atoms with Crippen molar-refractivity contribution in [3.8, 4) is 29.2 Å². The van der Waals surface area contributed by atoms with Crippen molar-refractivity contribution in [1.82, 2.24) is 19.1 Å². The van der Waals surface area contributed by atoms with Crippen LogP contribution in [0.5, 0.6) is 11.5 Å². The van der Waals surface area contributed by atoms with E-state index in [9.17, 15) is 5.26 Å². The van der Waals surface area contributed by atoms with Crippen LogP contribution in [-0.2, 0) is 5.41 Å². The molecule has 0 radical (unpaired) electrons. The van der Waals surface area contributed by atoms with E-state index < -0.39 is 0 Å². The summed E-state index contributed by atoms with van der Waals surface area (Å²) in [6.45, 7) is 6.63. The number of fused-ring (bicyclic) bond motifs is 6. The third-order valence-corrected chi connectivity index (χ3v) is 8.49. The van der Waals surface area contributed by atoms with Crippen molar-refractivity contribution in [2.45, 2.75) is 26.2 Å². The predicted molar refractivity (Wildman–Crippen MR) is 181 cm³/mol. The number of hydrogen-bond acceptors (Lipinski definition) is 4. The lowest BCUT2D eigenvalue weighted by Crippen LogP contribution is -2.12. The lowest BCUT2D eigenvalue weighted by Gasteiger charge is -2.20. The van der Waals surface area contributed by atoms with Crippen LogP contribution in [0.3, 0.4) is 0 Å². The first-order valence-corrected chi connectivity index (χ1v) is 15.0. The van der Waals surface area contributed by atoms with Crippen LogP contribution >= 0.6 is 0 Å². The molecular formula is C39H29N5O. The molecule has 6 nitrogen and oxygen atoms in total. The Morgan fingerprint density at radius 1 is 0.600 bits per heavy atom. The molecule has 0 aliphatic rings. The molecule has 0 aliphatic carbocycles. The number of para-hydroxylation sites is 2. The monoisotopic (exact) mass is 583 g/mol. The Labute approximate surface area is 260 Å². The molecule has 4 aromatic carbocycles. The minimum atomic E-state index is -0.0191. The summed E-state index contributed by atoms with van der Waals surface area (Å²) in [7, 11) is 0. The number of rotatable bonds is 4. The van der Waals surface area contributed by atoms with Crippen molar-refractivity contribution in [3.05, 3.63) is 133 Å². The highest BCUT2D eigenvalue weighted by molar-refractivity contribution is 6.11. The number of benzene rings is 4. The average Bonchev–Trinajstić information content (AvgIpc) is 3.56. The molecule has 4 heterocycles. The van der Waals surface area contributed by atoms with E-state index in [0.29, 0.717) is 17.1 Å². The van der Waals surface area contributed by atoms with Gasteiger partial charge in [-0.1, -0.05) is 63.2 Å². The zero-order chi connectivity index (χ0) is 30.7. The third-order valence-electron chi connectivity index (χ3n) is 8.49. The summed E-state index contributed by atoms with van der Waals surface area (Å²) in [4.78, 5) is 9.44. The largest absolute Gasteiger partial charge is 0.456 e. The van der Waals surface area contributed by atoms with E-state index in [1.54, 1.807) is 6.20 Å². The molecule has 45 heavy (non-hydrogen) atoms. The fourth-order valence-corrected chi connectivity index (χ4v) is 6.30. The second kappa shape index (κ2) is 10.1. The van der Waals surface area contributed by atoms with E-state index in [1.807, 2.05) is 60.8 Å². The first-order chi connectivity index (χ1) is 21.9. The van der Waals surface area contributed by atoms with E-state index in [4.69, 9.17) is 9.72 Å². The summed E-state index contributed by atoms with van der Waals surface area (Å²) < 4.78 is 10.9. The van der Waals surface area contributed by atoms with Crippen molar-refractivity contribution in [2.75, 3.05) is 0 Å². The van der Waals surface area contributed by atoms with Crippen molar-refractivity contribution < 1.29 is 4.74 Å². The summed E-state index contributed by atoms with van der Waals surface area (Å²) >= 11 is 0. The topological polar surface area (TPSA) is 68.7 Å². The van der Waals surface area contributed by atoms with Crippen LogP contribution in [0.15, 0.2) is 122 Å². The summed E-state index contributed by atoms with van der Waals surface area (Å²) in [5.41, 5.74) is 5.64. The number of hydrogen-bond donors (Lipinski definition) is 0. The van der Waals surface area contributed by atoms with Gasteiger partial charge in [-0.3, -0.25) is 9.13 Å². The van der Waals surface area contributed by atoms with Crippen LogP contribution in [0.25, 0.3) is 55.2 Å². The lowest BCUT2D eigenvalue weighted by atomic mass is 9.88. The van der Waals surface area contributed by atoms with Gasteiger partial charge in [0.1, 0.15) is 29.2 Å². The third kappa shape index (κ3) is 4.32. The second-order valence-corrected chi connectivity index (χ2v) is 12.3. The van der Waals surface area contributed by atoms with Gasteiger partial charge in [-0.25, -0.2) is 9.97 Å². The number of nitrogens with zero attached hydrogens (tertiary/aromatic N) is 5.